The minimum atomic E-state index is -0.0539. The van der Waals surface area contributed by atoms with Crippen molar-refractivity contribution in [2.45, 2.75) is 32.2 Å². The number of benzene rings is 1. The summed E-state index contributed by atoms with van der Waals surface area (Å²) in [7, 11) is 0. The average Bonchev–Trinajstić information content (AvgIpc) is 2.82. The first-order valence-corrected chi connectivity index (χ1v) is 6.66. The summed E-state index contributed by atoms with van der Waals surface area (Å²) in [6.07, 6.45) is 4.60. The molecule has 4 nitrogen and oxygen atoms in total. The van der Waals surface area contributed by atoms with Crippen LogP contribution in [0.5, 0.6) is 0 Å². The van der Waals surface area contributed by atoms with Gasteiger partial charge in [-0.25, -0.2) is 10.6 Å². The Bertz CT molecular complexity index is 472. The van der Waals surface area contributed by atoms with Crippen molar-refractivity contribution in [3.63, 3.8) is 0 Å². The molecule has 3 rings (SSSR count). The van der Waals surface area contributed by atoms with Crippen LogP contribution < -0.4 is 5.84 Å². The number of carbonyl (C=O) groups excluding carboxylic acids is 1. The number of aryl methyl sites for hydroxylation is 2. The van der Waals surface area contributed by atoms with E-state index in [-0.39, 0.29) is 6.03 Å². The normalized spacial score (nSPS) is 19.3. The van der Waals surface area contributed by atoms with Crippen molar-refractivity contribution in [2.75, 3.05) is 13.1 Å². The van der Waals surface area contributed by atoms with Crippen molar-refractivity contribution in [1.29, 1.82) is 0 Å². The molecule has 2 N–H and O–H groups in total. The van der Waals surface area contributed by atoms with Crippen molar-refractivity contribution in [2.24, 2.45) is 5.84 Å². The third kappa shape index (κ3) is 2.08. The molecule has 0 spiro atoms. The van der Waals surface area contributed by atoms with Crippen molar-refractivity contribution in [1.82, 2.24) is 9.91 Å². The van der Waals surface area contributed by atoms with Gasteiger partial charge in [0.15, 0.2) is 0 Å². The third-order valence-electron chi connectivity index (χ3n) is 3.88. The van der Waals surface area contributed by atoms with E-state index >= 15 is 0 Å². The maximum atomic E-state index is 11.9. The Balaban J connectivity index is 1.74. The highest BCUT2D eigenvalue weighted by molar-refractivity contribution is 5.74. The largest absolute Gasteiger partial charge is 0.334 e. The smallest absolute Gasteiger partial charge is 0.319 e. The van der Waals surface area contributed by atoms with Gasteiger partial charge in [0.1, 0.15) is 0 Å². The molecular weight excluding hydrogens is 226 g/mol. The maximum absolute atomic E-state index is 11.9. The second-order valence-electron chi connectivity index (χ2n) is 5.21. The van der Waals surface area contributed by atoms with Gasteiger partial charge in [-0.2, -0.15) is 0 Å². The summed E-state index contributed by atoms with van der Waals surface area (Å²) in [5.41, 5.74) is 4.16. The first-order chi connectivity index (χ1) is 8.74. The van der Waals surface area contributed by atoms with Crippen LogP contribution in [0, 0.1) is 0 Å². The predicted molar refractivity (Wildman–Crippen MR) is 69.8 cm³/mol. The minimum absolute atomic E-state index is 0.0539. The van der Waals surface area contributed by atoms with E-state index < -0.39 is 0 Å². The highest BCUT2D eigenvalue weighted by atomic mass is 16.2. The van der Waals surface area contributed by atoms with Gasteiger partial charge in [-0.1, -0.05) is 18.2 Å². The number of hydrogen-bond acceptors (Lipinski definition) is 2. The molecule has 2 aliphatic rings. The van der Waals surface area contributed by atoms with Crippen molar-refractivity contribution >= 4 is 6.03 Å². The van der Waals surface area contributed by atoms with Crippen LogP contribution in [0.3, 0.4) is 0 Å². The number of fused-ring (bicyclic) bond motifs is 1. The Kier molecular flexibility index (Phi) is 2.96. The minimum Gasteiger partial charge on any atom is -0.319 e. The van der Waals surface area contributed by atoms with Crippen LogP contribution in [0.2, 0.25) is 0 Å². The number of urea groups is 1. The Morgan fingerprint density at radius 2 is 1.94 bits per heavy atom. The SMILES string of the molecule is NN1CCCN(Cc2ccc3c(c2)CCC3)C1=O. The fourth-order valence-corrected chi connectivity index (χ4v) is 2.90. The van der Waals surface area contributed by atoms with E-state index in [0.29, 0.717) is 13.1 Å². The van der Waals surface area contributed by atoms with Gasteiger partial charge < -0.3 is 4.90 Å². The van der Waals surface area contributed by atoms with Crippen LogP contribution in [0.15, 0.2) is 18.2 Å². The molecule has 0 atom stereocenters. The fourth-order valence-electron chi connectivity index (χ4n) is 2.90. The monoisotopic (exact) mass is 245 g/mol. The summed E-state index contributed by atoms with van der Waals surface area (Å²) in [5.74, 6) is 5.65. The summed E-state index contributed by atoms with van der Waals surface area (Å²) in [6, 6.07) is 6.56. The number of carbonyl (C=O) groups is 1. The lowest BCUT2D eigenvalue weighted by Crippen LogP contribution is -2.52. The van der Waals surface area contributed by atoms with Crippen LogP contribution in [0.4, 0.5) is 4.79 Å². The van der Waals surface area contributed by atoms with Gasteiger partial charge in [0.25, 0.3) is 0 Å². The molecule has 1 aromatic rings. The summed E-state index contributed by atoms with van der Waals surface area (Å²) in [6.45, 7) is 2.16. The highest BCUT2D eigenvalue weighted by Crippen LogP contribution is 2.23. The van der Waals surface area contributed by atoms with Gasteiger partial charge in [-0.05, 0) is 42.4 Å². The van der Waals surface area contributed by atoms with Crippen LogP contribution in [0.25, 0.3) is 0 Å². The number of amides is 2. The lowest BCUT2D eigenvalue weighted by molar-refractivity contribution is 0.127. The summed E-state index contributed by atoms with van der Waals surface area (Å²) >= 11 is 0. The van der Waals surface area contributed by atoms with Crippen molar-refractivity contribution in [3.8, 4) is 0 Å². The van der Waals surface area contributed by atoms with E-state index in [0.717, 1.165) is 13.0 Å². The molecule has 1 aliphatic heterocycles. The van der Waals surface area contributed by atoms with E-state index in [4.69, 9.17) is 5.84 Å². The first kappa shape index (κ1) is 11.5. The lowest BCUT2D eigenvalue weighted by atomic mass is 10.1. The highest BCUT2D eigenvalue weighted by Gasteiger charge is 2.23. The lowest BCUT2D eigenvalue weighted by Gasteiger charge is -2.32. The number of hydrazine groups is 1. The van der Waals surface area contributed by atoms with Gasteiger partial charge in [0.05, 0.1) is 0 Å². The molecule has 0 radical (unpaired) electrons. The van der Waals surface area contributed by atoms with Gasteiger partial charge in [0.2, 0.25) is 0 Å². The molecular formula is C14H19N3O. The van der Waals surface area contributed by atoms with Crippen LogP contribution >= 0.6 is 0 Å². The zero-order valence-electron chi connectivity index (χ0n) is 10.6. The Hall–Kier alpha value is -1.55. The average molecular weight is 245 g/mol. The Morgan fingerprint density at radius 3 is 2.83 bits per heavy atom. The Morgan fingerprint density at radius 1 is 1.11 bits per heavy atom. The molecule has 96 valence electrons. The van der Waals surface area contributed by atoms with Crippen LogP contribution in [0.1, 0.15) is 29.5 Å². The third-order valence-corrected chi connectivity index (χ3v) is 3.88. The molecule has 1 aromatic carbocycles. The second-order valence-corrected chi connectivity index (χ2v) is 5.21. The van der Waals surface area contributed by atoms with Crippen LogP contribution in [-0.4, -0.2) is 29.0 Å². The predicted octanol–water partition coefficient (Wildman–Crippen LogP) is 1.68. The molecule has 1 saturated heterocycles. The summed E-state index contributed by atoms with van der Waals surface area (Å²) in [4.78, 5) is 13.7. The zero-order valence-corrected chi connectivity index (χ0v) is 10.6. The molecule has 1 heterocycles. The van der Waals surface area contributed by atoms with Gasteiger partial charge >= 0.3 is 6.03 Å². The van der Waals surface area contributed by atoms with Gasteiger partial charge in [-0.15, -0.1) is 0 Å². The standard InChI is InChI=1S/C14H19N3O/c15-17-8-2-7-16(14(17)18)10-11-5-6-12-3-1-4-13(12)9-11/h5-6,9H,1-4,7-8,10,15H2. The molecule has 1 fully saturated rings. The molecule has 2 amide bonds. The molecule has 18 heavy (non-hydrogen) atoms. The second kappa shape index (κ2) is 4.61. The quantitative estimate of drug-likeness (QED) is 0.636. The number of nitrogens with zero attached hydrogens (tertiary/aromatic N) is 2. The summed E-state index contributed by atoms with van der Waals surface area (Å²) < 4.78 is 0. The first-order valence-electron chi connectivity index (χ1n) is 6.66. The molecule has 1 aliphatic carbocycles. The van der Waals surface area contributed by atoms with E-state index in [1.165, 1.54) is 41.0 Å². The maximum Gasteiger partial charge on any atom is 0.334 e. The molecule has 0 bridgehead atoms. The van der Waals surface area contributed by atoms with Gasteiger partial charge in [-0.3, -0.25) is 5.01 Å². The fraction of sp³-hybridized carbons (Fsp3) is 0.500. The number of hydrogen-bond donors (Lipinski definition) is 1. The topological polar surface area (TPSA) is 49.6 Å². The molecule has 0 saturated carbocycles. The van der Waals surface area contributed by atoms with E-state index in [1.54, 1.807) is 0 Å². The summed E-state index contributed by atoms with van der Waals surface area (Å²) in [5, 5.41) is 1.32. The Labute approximate surface area is 107 Å². The van der Waals surface area contributed by atoms with E-state index in [2.05, 4.69) is 18.2 Å². The van der Waals surface area contributed by atoms with Crippen molar-refractivity contribution < 1.29 is 4.79 Å². The van der Waals surface area contributed by atoms with E-state index in [1.807, 2.05) is 4.90 Å². The number of rotatable bonds is 2. The van der Waals surface area contributed by atoms with Crippen LogP contribution in [-0.2, 0) is 19.4 Å². The van der Waals surface area contributed by atoms with E-state index in [9.17, 15) is 4.79 Å². The van der Waals surface area contributed by atoms with Crippen molar-refractivity contribution in [3.05, 3.63) is 34.9 Å². The van der Waals surface area contributed by atoms with Gasteiger partial charge in [0, 0.05) is 19.6 Å². The molecule has 0 unspecified atom stereocenters. The molecule has 4 heteroatoms. The molecule has 0 aromatic heterocycles. The number of nitrogens with two attached hydrogens (primary N) is 1. The zero-order chi connectivity index (χ0) is 12.5.